The van der Waals surface area contributed by atoms with Crippen LogP contribution in [0.15, 0.2) is 24.3 Å². The van der Waals surface area contributed by atoms with Gasteiger partial charge in [0.2, 0.25) is 0 Å². The Balaban J connectivity index is 2.02. The smallest absolute Gasteiger partial charge is 0.404 e. The summed E-state index contributed by atoms with van der Waals surface area (Å²) >= 11 is 0. The number of rotatable bonds is 4. The molecule has 1 unspecified atom stereocenters. The molecule has 7 heteroatoms. The molecule has 1 aliphatic rings. The summed E-state index contributed by atoms with van der Waals surface area (Å²) in [6.45, 7) is 1.39. The number of fused-ring (bicyclic) bond motifs is 1. The van der Waals surface area contributed by atoms with Gasteiger partial charge in [0.05, 0.1) is 11.1 Å². The standard InChI is InChI=1S/C12H12N2O5/c1-7(19-12(13)17)6-18-14-10(15)8-4-2-3-5-9(8)11(14)16/h2-5,7H,6H2,1H3,(H2,13,17). The number of carbonyl (C=O) groups excluding carboxylic acids is 3. The van der Waals surface area contributed by atoms with Crippen molar-refractivity contribution in [3.05, 3.63) is 35.4 Å². The van der Waals surface area contributed by atoms with Crippen molar-refractivity contribution in [2.45, 2.75) is 13.0 Å². The lowest BCUT2D eigenvalue weighted by Gasteiger charge is -2.16. The molecule has 1 aromatic carbocycles. The summed E-state index contributed by atoms with van der Waals surface area (Å²) in [6, 6.07) is 6.41. The largest absolute Gasteiger partial charge is 0.444 e. The minimum absolute atomic E-state index is 0.144. The van der Waals surface area contributed by atoms with Gasteiger partial charge in [-0.1, -0.05) is 12.1 Å². The summed E-state index contributed by atoms with van der Waals surface area (Å²) in [6.07, 6.45) is -1.61. The number of primary amides is 1. The van der Waals surface area contributed by atoms with Gasteiger partial charge in [0, 0.05) is 0 Å². The first-order chi connectivity index (χ1) is 9.00. The summed E-state index contributed by atoms with van der Waals surface area (Å²) in [4.78, 5) is 39.4. The molecule has 0 saturated carbocycles. The number of carbonyl (C=O) groups is 3. The Morgan fingerprint density at radius 3 is 2.26 bits per heavy atom. The molecule has 2 N–H and O–H groups in total. The maximum absolute atomic E-state index is 11.9. The maximum atomic E-state index is 11.9. The molecule has 0 radical (unpaired) electrons. The third-order valence-corrected chi connectivity index (χ3v) is 2.51. The van der Waals surface area contributed by atoms with E-state index in [-0.39, 0.29) is 17.7 Å². The van der Waals surface area contributed by atoms with E-state index in [0.717, 1.165) is 0 Å². The molecule has 0 spiro atoms. The van der Waals surface area contributed by atoms with Gasteiger partial charge in [-0.05, 0) is 19.1 Å². The van der Waals surface area contributed by atoms with E-state index < -0.39 is 24.0 Å². The third-order valence-electron chi connectivity index (χ3n) is 2.51. The van der Waals surface area contributed by atoms with E-state index in [9.17, 15) is 14.4 Å². The van der Waals surface area contributed by atoms with E-state index in [1.54, 1.807) is 24.3 Å². The highest BCUT2D eigenvalue weighted by atomic mass is 16.7. The number of imide groups is 1. The first-order valence-corrected chi connectivity index (χ1v) is 5.57. The van der Waals surface area contributed by atoms with Crippen LogP contribution < -0.4 is 5.73 Å². The van der Waals surface area contributed by atoms with Crippen LogP contribution in [-0.2, 0) is 9.57 Å². The first kappa shape index (κ1) is 13.0. The molecule has 1 aromatic rings. The number of hydroxylamine groups is 2. The van der Waals surface area contributed by atoms with Crippen LogP contribution in [0.3, 0.4) is 0 Å². The van der Waals surface area contributed by atoms with Gasteiger partial charge in [0.1, 0.15) is 12.7 Å². The van der Waals surface area contributed by atoms with Gasteiger partial charge < -0.3 is 10.5 Å². The molecule has 19 heavy (non-hydrogen) atoms. The Hall–Kier alpha value is -2.41. The van der Waals surface area contributed by atoms with Crippen molar-refractivity contribution in [3.8, 4) is 0 Å². The first-order valence-electron chi connectivity index (χ1n) is 5.57. The molecule has 0 fully saturated rings. The molecule has 0 saturated heterocycles. The minimum Gasteiger partial charge on any atom is -0.444 e. The van der Waals surface area contributed by atoms with Crippen LogP contribution in [0.1, 0.15) is 27.6 Å². The van der Waals surface area contributed by atoms with Crippen LogP contribution in [0.4, 0.5) is 4.79 Å². The average molecular weight is 264 g/mol. The zero-order valence-corrected chi connectivity index (χ0v) is 10.2. The topological polar surface area (TPSA) is 98.9 Å². The van der Waals surface area contributed by atoms with Crippen molar-refractivity contribution in [1.82, 2.24) is 5.06 Å². The molecule has 1 heterocycles. The van der Waals surface area contributed by atoms with Crippen LogP contribution in [0, 0.1) is 0 Å². The van der Waals surface area contributed by atoms with Gasteiger partial charge in [-0.3, -0.25) is 14.4 Å². The summed E-state index contributed by atoms with van der Waals surface area (Å²) in [5.41, 5.74) is 5.41. The molecule has 0 aliphatic carbocycles. The van der Waals surface area contributed by atoms with Crippen LogP contribution in [0.25, 0.3) is 0 Å². The molecular formula is C12H12N2O5. The monoisotopic (exact) mass is 264 g/mol. The highest BCUT2D eigenvalue weighted by Crippen LogP contribution is 2.22. The second kappa shape index (κ2) is 5.07. The Morgan fingerprint density at radius 2 is 1.79 bits per heavy atom. The van der Waals surface area contributed by atoms with E-state index in [2.05, 4.69) is 4.74 Å². The van der Waals surface area contributed by atoms with Crippen LogP contribution in [0.2, 0.25) is 0 Å². The van der Waals surface area contributed by atoms with Crippen LogP contribution >= 0.6 is 0 Å². The van der Waals surface area contributed by atoms with Crippen molar-refractivity contribution in [2.24, 2.45) is 5.73 Å². The third kappa shape index (κ3) is 2.55. The van der Waals surface area contributed by atoms with Crippen molar-refractivity contribution in [1.29, 1.82) is 0 Å². The predicted octanol–water partition coefficient (Wildman–Crippen LogP) is 0.698. The zero-order valence-electron chi connectivity index (χ0n) is 10.2. The number of nitrogens with zero attached hydrogens (tertiary/aromatic N) is 1. The van der Waals surface area contributed by atoms with Crippen molar-refractivity contribution in [3.63, 3.8) is 0 Å². The Kier molecular flexibility index (Phi) is 3.48. The SMILES string of the molecule is CC(CON1C(=O)c2ccccc2C1=O)OC(N)=O. The Labute approximate surface area is 108 Å². The molecule has 1 aliphatic heterocycles. The summed E-state index contributed by atoms with van der Waals surface area (Å²) in [5, 5.41) is 0.658. The molecule has 100 valence electrons. The number of hydrogen-bond acceptors (Lipinski definition) is 5. The van der Waals surface area contributed by atoms with Gasteiger partial charge in [-0.2, -0.15) is 0 Å². The number of hydrogen-bond donors (Lipinski definition) is 1. The van der Waals surface area contributed by atoms with E-state index in [1.807, 2.05) is 0 Å². The molecule has 0 bridgehead atoms. The lowest BCUT2D eigenvalue weighted by atomic mass is 10.1. The van der Waals surface area contributed by atoms with Gasteiger partial charge in [-0.25, -0.2) is 4.79 Å². The normalized spacial score (nSPS) is 15.3. The number of ether oxygens (including phenoxy) is 1. The molecule has 0 aromatic heterocycles. The van der Waals surface area contributed by atoms with Crippen molar-refractivity contribution < 1.29 is 24.0 Å². The molecule has 2 rings (SSSR count). The van der Waals surface area contributed by atoms with E-state index in [0.29, 0.717) is 5.06 Å². The molecular weight excluding hydrogens is 252 g/mol. The summed E-state index contributed by atoms with van der Waals surface area (Å²) < 4.78 is 4.62. The fraction of sp³-hybridized carbons (Fsp3) is 0.250. The van der Waals surface area contributed by atoms with Gasteiger partial charge in [-0.15, -0.1) is 5.06 Å². The highest BCUT2D eigenvalue weighted by Gasteiger charge is 2.36. The van der Waals surface area contributed by atoms with Crippen LogP contribution in [0.5, 0.6) is 0 Å². The Bertz CT molecular complexity index is 508. The van der Waals surface area contributed by atoms with Crippen LogP contribution in [-0.4, -0.2) is 35.7 Å². The quantitative estimate of drug-likeness (QED) is 0.807. The maximum Gasteiger partial charge on any atom is 0.404 e. The van der Waals surface area contributed by atoms with E-state index in [1.165, 1.54) is 6.92 Å². The minimum atomic E-state index is -0.946. The molecule has 3 amide bonds. The van der Waals surface area contributed by atoms with Gasteiger partial charge >= 0.3 is 6.09 Å². The predicted molar refractivity (Wildman–Crippen MR) is 63.0 cm³/mol. The fourth-order valence-corrected chi connectivity index (χ4v) is 1.70. The number of nitrogens with two attached hydrogens (primary N) is 1. The molecule has 7 nitrogen and oxygen atoms in total. The lowest BCUT2D eigenvalue weighted by Crippen LogP contribution is -2.34. The van der Waals surface area contributed by atoms with Gasteiger partial charge in [0.15, 0.2) is 0 Å². The second-order valence-corrected chi connectivity index (χ2v) is 3.99. The van der Waals surface area contributed by atoms with E-state index in [4.69, 9.17) is 10.6 Å². The average Bonchev–Trinajstić information content (AvgIpc) is 2.60. The lowest BCUT2D eigenvalue weighted by molar-refractivity contribution is -0.113. The number of amides is 3. The molecule has 1 atom stereocenters. The fourth-order valence-electron chi connectivity index (χ4n) is 1.70. The second-order valence-electron chi connectivity index (χ2n) is 3.99. The summed E-state index contributed by atoms with van der Waals surface area (Å²) in [7, 11) is 0. The summed E-state index contributed by atoms with van der Waals surface area (Å²) in [5.74, 6) is -1.07. The highest BCUT2D eigenvalue weighted by molar-refractivity contribution is 6.20. The number of benzene rings is 1. The van der Waals surface area contributed by atoms with Crippen molar-refractivity contribution in [2.75, 3.05) is 6.61 Å². The van der Waals surface area contributed by atoms with Crippen molar-refractivity contribution >= 4 is 17.9 Å². The zero-order chi connectivity index (χ0) is 14.0. The van der Waals surface area contributed by atoms with E-state index >= 15 is 0 Å². The van der Waals surface area contributed by atoms with Gasteiger partial charge in [0.25, 0.3) is 11.8 Å². The Morgan fingerprint density at radius 1 is 1.26 bits per heavy atom.